The van der Waals surface area contributed by atoms with Gasteiger partial charge in [-0.05, 0) is 51.6 Å². The quantitative estimate of drug-likeness (QED) is 0.202. The van der Waals surface area contributed by atoms with Crippen molar-refractivity contribution >= 4 is 43.1 Å². The van der Waals surface area contributed by atoms with Crippen LogP contribution in [0, 0.1) is 10.1 Å². The van der Waals surface area contributed by atoms with Gasteiger partial charge in [-0.1, -0.05) is 10.7 Å². The highest BCUT2D eigenvalue weighted by Crippen LogP contribution is 2.40. The van der Waals surface area contributed by atoms with Gasteiger partial charge in [0.25, 0.3) is 15.7 Å². The van der Waals surface area contributed by atoms with Gasteiger partial charge in [-0.25, -0.2) is 9.97 Å². The molecule has 2 aromatic carbocycles. The summed E-state index contributed by atoms with van der Waals surface area (Å²) >= 11 is 0. The van der Waals surface area contributed by atoms with E-state index >= 15 is 0 Å². The molecule has 0 radical (unpaired) electrons. The Labute approximate surface area is 223 Å². The topological polar surface area (TPSA) is 155 Å². The fourth-order valence-corrected chi connectivity index (χ4v) is 6.74. The Kier molecular flexibility index (Phi) is 8.55. The molecule has 1 aliphatic rings. The van der Waals surface area contributed by atoms with Crippen molar-refractivity contribution in [2.45, 2.75) is 50.7 Å². The molecular weight excluding hydrogens is 534 g/mol. The van der Waals surface area contributed by atoms with E-state index in [1.54, 1.807) is 6.26 Å². The van der Waals surface area contributed by atoms with Crippen molar-refractivity contribution in [2.24, 2.45) is 3.77 Å². The van der Waals surface area contributed by atoms with Crippen molar-refractivity contribution < 1.29 is 27.6 Å². The fourth-order valence-electron chi connectivity index (χ4n) is 3.74. The number of nitro benzene ring substituents is 1. The van der Waals surface area contributed by atoms with Gasteiger partial charge < -0.3 is 19.5 Å². The minimum Gasteiger partial charge on any atom is -0.493 e. The number of fused-ring (bicyclic) bond motifs is 1. The van der Waals surface area contributed by atoms with E-state index in [2.05, 4.69) is 19.1 Å². The largest absolute Gasteiger partial charge is 0.493 e. The van der Waals surface area contributed by atoms with Crippen molar-refractivity contribution in [3.8, 4) is 5.75 Å². The van der Waals surface area contributed by atoms with Crippen molar-refractivity contribution in [2.75, 3.05) is 23.9 Å². The Balaban J connectivity index is 1.44. The van der Waals surface area contributed by atoms with E-state index in [-0.39, 0.29) is 22.9 Å². The van der Waals surface area contributed by atoms with E-state index in [4.69, 9.17) is 14.2 Å². The van der Waals surface area contributed by atoms with E-state index in [1.165, 1.54) is 18.5 Å². The zero-order chi connectivity index (χ0) is 27.4. The summed E-state index contributed by atoms with van der Waals surface area (Å²) in [6.07, 6.45) is 2.87. The van der Waals surface area contributed by atoms with Gasteiger partial charge in [0, 0.05) is 35.4 Å². The van der Waals surface area contributed by atoms with Gasteiger partial charge in [0.2, 0.25) is 0 Å². The van der Waals surface area contributed by atoms with Crippen LogP contribution in [0.1, 0.15) is 39.0 Å². The lowest BCUT2D eigenvalue weighted by atomic mass is 10.1. The lowest BCUT2D eigenvalue weighted by Gasteiger charge is -2.34. The molecule has 0 spiro atoms. The summed E-state index contributed by atoms with van der Waals surface area (Å²) in [6.45, 7) is 6.17. The Morgan fingerprint density at radius 1 is 1.21 bits per heavy atom. The van der Waals surface area contributed by atoms with Crippen LogP contribution in [0.15, 0.2) is 51.4 Å². The lowest BCUT2D eigenvalue weighted by Crippen LogP contribution is -2.32. The number of sulfonamides is 1. The molecule has 1 unspecified atom stereocenters. The van der Waals surface area contributed by atoms with Gasteiger partial charge in [0.1, 0.15) is 17.9 Å². The molecule has 1 aromatic heterocycles. The molecule has 3 aromatic rings. The van der Waals surface area contributed by atoms with Gasteiger partial charge in [0.05, 0.1) is 27.5 Å². The minimum atomic E-state index is -3.93. The summed E-state index contributed by atoms with van der Waals surface area (Å²) in [6, 6.07) is 8.58. The van der Waals surface area contributed by atoms with Crippen LogP contribution in [0.25, 0.3) is 10.9 Å². The summed E-state index contributed by atoms with van der Waals surface area (Å²) in [4.78, 5) is 18.9. The predicted octanol–water partition coefficient (Wildman–Crippen LogP) is 4.34. The fraction of sp³-hybridized carbons (Fsp3) is 0.417. The molecule has 1 atom stereocenters. The molecule has 0 bridgehead atoms. The number of anilines is 1. The highest BCUT2D eigenvalue weighted by atomic mass is 32.3. The number of nitro groups is 1. The zero-order valence-electron chi connectivity index (χ0n) is 21.4. The average Bonchev–Trinajstić information content (AvgIpc) is 2.84. The molecule has 2 heterocycles. The van der Waals surface area contributed by atoms with Gasteiger partial charge in [-0.15, -0.1) is 3.77 Å². The Bertz CT molecular complexity index is 1460. The molecule has 1 saturated heterocycles. The Morgan fingerprint density at radius 3 is 2.55 bits per heavy atom. The van der Waals surface area contributed by atoms with Crippen LogP contribution in [0.5, 0.6) is 5.75 Å². The molecule has 12 nitrogen and oxygen atoms in total. The number of nitrogens with zero attached hydrogens (tertiary/aromatic N) is 4. The van der Waals surface area contributed by atoms with Crippen molar-refractivity contribution in [3.05, 3.63) is 58.4 Å². The SMILES string of the molecule is CC(C)Nc1ncnc2cc(OCCC/S(C)=N\S(=O)(=O)c3ccc([N+](=O)[O-])cc3)c(C3OC(C)O3)cc12. The van der Waals surface area contributed by atoms with E-state index in [9.17, 15) is 18.5 Å². The predicted molar refractivity (Wildman–Crippen MR) is 144 cm³/mol. The molecule has 0 aliphatic carbocycles. The third-order valence-corrected chi connectivity index (χ3v) is 9.04. The third kappa shape index (κ3) is 6.62. The van der Waals surface area contributed by atoms with Crippen molar-refractivity contribution in [1.29, 1.82) is 0 Å². The Hall–Kier alpha value is -3.20. The number of hydrogen-bond acceptors (Lipinski definition) is 10. The van der Waals surface area contributed by atoms with Crippen LogP contribution < -0.4 is 10.1 Å². The number of ether oxygens (including phenoxy) is 3. The monoisotopic (exact) mass is 563 g/mol. The normalized spacial score (nSPS) is 18.3. The summed E-state index contributed by atoms with van der Waals surface area (Å²) in [5.74, 6) is 1.75. The molecule has 0 amide bonds. The van der Waals surface area contributed by atoms with Crippen LogP contribution in [0.4, 0.5) is 11.5 Å². The first-order valence-electron chi connectivity index (χ1n) is 11.9. The van der Waals surface area contributed by atoms with E-state index in [0.717, 1.165) is 23.1 Å². The summed E-state index contributed by atoms with van der Waals surface area (Å²) in [5.41, 5.74) is 1.24. The summed E-state index contributed by atoms with van der Waals surface area (Å²) in [5, 5.41) is 14.9. The second kappa shape index (κ2) is 11.7. The number of benzene rings is 2. The first kappa shape index (κ1) is 27.8. The second-order valence-electron chi connectivity index (χ2n) is 8.91. The van der Waals surface area contributed by atoms with Crippen LogP contribution in [-0.2, 0) is 30.2 Å². The molecule has 4 rings (SSSR count). The molecular formula is C24H29N5O7S2. The van der Waals surface area contributed by atoms with E-state index < -0.39 is 31.9 Å². The standard InChI is InChI=1S/C24H29N5O7S2/c1-15(2)27-23-19-12-20(24-35-16(3)36-24)22(13-21(19)25-14-26-23)34-10-5-11-37(4)28-38(32,33)18-8-6-17(7-9-18)29(30)31/h6-9,12-16,24H,5,10-11H2,1-4H3,(H,25,26,27). The number of nitrogens with one attached hydrogen (secondary N) is 1. The maximum Gasteiger partial charge on any atom is 0.287 e. The number of non-ortho nitro benzene ring substituents is 1. The number of aromatic nitrogens is 2. The van der Waals surface area contributed by atoms with Crippen LogP contribution in [0.2, 0.25) is 0 Å². The van der Waals surface area contributed by atoms with Gasteiger partial charge in [0.15, 0.2) is 12.6 Å². The third-order valence-electron chi connectivity index (χ3n) is 5.49. The Morgan fingerprint density at radius 2 is 1.92 bits per heavy atom. The second-order valence-corrected chi connectivity index (χ2v) is 12.5. The summed E-state index contributed by atoms with van der Waals surface area (Å²) < 4.78 is 46.6. The number of rotatable bonds is 11. The molecule has 204 valence electrons. The first-order chi connectivity index (χ1) is 18.0. The zero-order valence-corrected chi connectivity index (χ0v) is 23.0. The molecule has 1 fully saturated rings. The molecule has 1 aliphatic heterocycles. The number of hydrogen-bond donors (Lipinski definition) is 1. The lowest BCUT2D eigenvalue weighted by molar-refractivity contribution is -0.384. The minimum absolute atomic E-state index is 0.0810. The molecule has 0 saturated carbocycles. The molecule has 38 heavy (non-hydrogen) atoms. The van der Waals surface area contributed by atoms with E-state index in [0.29, 0.717) is 35.9 Å². The molecule has 14 heteroatoms. The maximum absolute atomic E-state index is 12.6. The van der Waals surface area contributed by atoms with Crippen molar-refractivity contribution in [1.82, 2.24) is 9.97 Å². The molecule has 1 N–H and O–H groups in total. The maximum atomic E-state index is 12.6. The van der Waals surface area contributed by atoms with E-state index in [1.807, 2.05) is 32.9 Å². The summed E-state index contributed by atoms with van der Waals surface area (Å²) in [7, 11) is -4.73. The van der Waals surface area contributed by atoms with Crippen LogP contribution >= 0.6 is 0 Å². The highest BCUT2D eigenvalue weighted by molar-refractivity contribution is 7.99. The van der Waals surface area contributed by atoms with Gasteiger partial charge in [-0.2, -0.15) is 8.42 Å². The van der Waals surface area contributed by atoms with Gasteiger partial charge >= 0.3 is 0 Å². The van der Waals surface area contributed by atoms with Crippen molar-refractivity contribution in [3.63, 3.8) is 0 Å². The highest BCUT2D eigenvalue weighted by Gasteiger charge is 2.32. The average molecular weight is 564 g/mol. The van der Waals surface area contributed by atoms with Crippen LogP contribution in [0.3, 0.4) is 0 Å². The van der Waals surface area contributed by atoms with Crippen LogP contribution in [-0.4, -0.2) is 54.3 Å². The van der Waals surface area contributed by atoms with Gasteiger partial charge in [-0.3, -0.25) is 10.1 Å². The first-order valence-corrected chi connectivity index (χ1v) is 15.1. The smallest absolute Gasteiger partial charge is 0.287 e.